The molecule has 3 fully saturated rings. The summed E-state index contributed by atoms with van der Waals surface area (Å²) in [5, 5.41) is 0. The Bertz CT molecular complexity index is 811. The average molecular weight is 367 g/mol. The van der Waals surface area contributed by atoms with Gasteiger partial charge in [0.1, 0.15) is 0 Å². The smallest absolute Gasteiger partial charge is 0.263 e. The second-order valence-corrected chi connectivity index (χ2v) is 8.23. The minimum atomic E-state index is -0.152. The molecular weight excluding hydrogens is 342 g/mol. The summed E-state index contributed by atoms with van der Waals surface area (Å²) in [4.78, 5) is 44.1. The van der Waals surface area contributed by atoms with Crippen LogP contribution in [0.2, 0.25) is 0 Å². The van der Waals surface area contributed by atoms with Crippen LogP contribution in [0.1, 0.15) is 59.2 Å². The van der Waals surface area contributed by atoms with Crippen LogP contribution >= 0.6 is 0 Å². The Kier molecular flexibility index (Phi) is 3.95. The van der Waals surface area contributed by atoms with Gasteiger partial charge in [0.05, 0.1) is 22.7 Å². The van der Waals surface area contributed by atoms with Gasteiger partial charge < -0.3 is 9.80 Å². The van der Waals surface area contributed by atoms with Gasteiger partial charge in [-0.2, -0.15) is 0 Å². The van der Waals surface area contributed by atoms with E-state index in [4.69, 9.17) is 0 Å². The third kappa shape index (κ3) is 2.73. The fourth-order valence-electron chi connectivity index (χ4n) is 4.81. The summed E-state index contributed by atoms with van der Waals surface area (Å²) >= 11 is 0. The number of benzene rings is 1. The molecule has 0 unspecified atom stereocenters. The maximum Gasteiger partial charge on any atom is 0.263 e. The number of carbonyl (C=O) groups excluding carboxylic acids is 3. The van der Waals surface area contributed by atoms with Gasteiger partial charge in [-0.25, -0.2) is 0 Å². The van der Waals surface area contributed by atoms with Crippen LogP contribution in [0, 0.1) is 5.92 Å². The molecule has 3 amide bonds. The SMILES string of the molecule is O=C([C@H]1CCCN(c2cccc3c2C(=O)N(C2CC2)C3=O)C1)N1CCCC1. The van der Waals surface area contributed by atoms with E-state index in [0.717, 1.165) is 63.8 Å². The van der Waals surface area contributed by atoms with Crippen molar-refractivity contribution in [2.24, 2.45) is 5.92 Å². The molecule has 0 aromatic heterocycles. The van der Waals surface area contributed by atoms with E-state index >= 15 is 0 Å². The number of hydrogen-bond donors (Lipinski definition) is 0. The Labute approximate surface area is 159 Å². The van der Waals surface area contributed by atoms with Gasteiger partial charge in [-0.1, -0.05) is 6.07 Å². The van der Waals surface area contributed by atoms with Crippen molar-refractivity contribution in [3.63, 3.8) is 0 Å². The molecule has 3 aliphatic heterocycles. The lowest BCUT2D eigenvalue weighted by atomic mass is 9.95. The standard InChI is InChI=1S/C21H25N3O3/c25-19(22-10-1-2-11-22)14-5-4-12-23(13-14)17-7-3-6-16-18(17)21(27)24(20(16)26)15-8-9-15/h3,6-7,14-15H,1-2,4-5,8-13H2/t14-/m0/s1. The number of hydrogen-bond acceptors (Lipinski definition) is 4. The van der Waals surface area contributed by atoms with Crippen molar-refractivity contribution in [1.29, 1.82) is 0 Å². The fourth-order valence-corrected chi connectivity index (χ4v) is 4.81. The normalized spacial score (nSPS) is 25.3. The number of piperidine rings is 1. The first-order valence-electron chi connectivity index (χ1n) is 10.2. The third-order valence-electron chi connectivity index (χ3n) is 6.37. The number of rotatable bonds is 3. The van der Waals surface area contributed by atoms with Crippen LogP contribution in [-0.2, 0) is 4.79 Å². The topological polar surface area (TPSA) is 60.9 Å². The predicted octanol–water partition coefficient (Wildman–Crippen LogP) is 2.28. The molecule has 0 radical (unpaired) electrons. The lowest BCUT2D eigenvalue weighted by Gasteiger charge is -2.36. The van der Waals surface area contributed by atoms with E-state index in [-0.39, 0.29) is 29.7 Å². The first-order chi connectivity index (χ1) is 13.1. The summed E-state index contributed by atoms with van der Waals surface area (Å²) in [7, 11) is 0. The highest BCUT2D eigenvalue weighted by Gasteiger charge is 2.46. The molecule has 0 N–H and O–H groups in total. The lowest BCUT2D eigenvalue weighted by molar-refractivity contribution is -0.134. The second kappa shape index (κ2) is 6.36. The predicted molar refractivity (Wildman–Crippen MR) is 101 cm³/mol. The van der Waals surface area contributed by atoms with Crippen LogP contribution in [0.15, 0.2) is 18.2 Å². The van der Waals surface area contributed by atoms with E-state index in [0.29, 0.717) is 17.7 Å². The lowest BCUT2D eigenvalue weighted by Crippen LogP contribution is -2.44. The van der Waals surface area contributed by atoms with E-state index < -0.39 is 0 Å². The van der Waals surface area contributed by atoms with Gasteiger partial charge in [-0.05, 0) is 50.7 Å². The average Bonchev–Trinajstić information content (AvgIpc) is 3.30. The molecule has 0 bridgehead atoms. The molecule has 1 aliphatic carbocycles. The molecule has 1 aromatic rings. The largest absolute Gasteiger partial charge is 0.370 e. The Balaban J connectivity index is 1.41. The van der Waals surface area contributed by atoms with Gasteiger partial charge >= 0.3 is 0 Å². The van der Waals surface area contributed by atoms with E-state index in [2.05, 4.69) is 4.90 Å². The number of anilines is 1. The van der Waals surface area contributed by atoms with Gasteiger partial charge in [-0.15, -0.1) is 0 Å². The van der Waals surface area contributed by atoms with Gasteiger partial charge in [-0.3, -0.25) is 19.3 Å². The molecule has 27 heavy (non-hydrogen) atoms. The van der Waals surface area contributed by atoms with E-state index in [1.165, 1.54) is 4.90 Å². The molecule has 3 heterocycles. The highest BCUT2D eigenvalue weighted by Crippen LogP contribution is 2.39. The van der Waals surface area contributed by atoms with Gasteiger partial charge in [0, 0.05) is 32.2 Å². The summed E-state index contributed by atoms with van der Waals surface area (Å²) in [5.41, 5.74) is 1.90. The number of carbonyl (C=O) groups is 3. The molecule has 6 heteroatoms. The van der Waals surface area contributed by atoms with Crippen molar-refractivity contribution in [1.82, 2.24) is 9.80 Å². The van der Waals surface area contributed by atoms with Gasteiger partial charge in [0.25, 0.3) is 11.8 Å². The first-order valence-corrected chi connectivity index (χ1v) is 10.2. The number of amides is 3. The summed E-state index contributed by atoms with van der Waals surface area (Å²) in [5.74, 6) is -0.0617. The van der Waals surface area contributed by atoms with Crippen molar-refractivity contribution in [3.05, 3.63) is 29.3 Å². The highest BCUT2D eigenvalue weighted by molar-refractivity contribution is 6.24. The van der Waals surface area contributed by atoms with Gasteiger partial charge in [0.15, 0.2) is 0 Å². The zero-order chi connectivity index (χ0) is 18.5. The Morgan fingerprint density at radius 1 is 0.926 bits per heavy atom. The summed E-state index contributed by atoms with van der Waals surface area (Å²) in [6.07, 6.45) is 5.86. The molecule has 6 nitrogen and oxygen atoms in total. The van der Waals surface area contributed by atoms with Gasteiger partial charge in [0.2, 0.25) is 5.91 Å². The molecular formula is C21H25N3O3. The van der Waals surface area contributed by atoms with Crippen LogP contribution in [0.3, 0.4) is 0 Å². The number of imide groups is 1. The Morgan fingerprint density at radius 3 is 2.44 bits per heavy atom. The van der Waals surface area contributed by atoms with Crippen molar-refractivity contribution < 1.29 is 14.4 Å². The molecule has 1 saturated carbocycles. The molecule has 2 saturated heterocycles. The maximum atomic E-state index is 13.0. The number of nitrogens with zero attached hydrogens (tertiary/aromatic N) is 3. The van der Waals surface area contributed by atoms with Crippen molar-refractivity contribution in [2.75, 3.05) is 31.1 Å². The zero-order valence-corrected chi connectivity index (χ0v) is 15.5. The minimum Gasteiger partial charge on any atom is -0.370 e. The summed E-state index contributed by atoms with van der Waals surface area (Å²) in [6.45, 7) is 3.21. The molecule has 0 spiro atoms. The van der Waals surface area contributed by atoms with Crippen LogP contribution in [-0.4, -0.2) is 59.7 Å². The monoisotopic (exact) mass is 367 g/mol. The van der Waals surface area contributed by atoms with Crippen molar-refractivity contribution >= 4 is 23.4 Å². The maximum absolute atomic E-state index is 13.0. The molecule has 5 rings (SSSR count). The molecule has 1 atom stereocenters. The first kappa shape index (κ1) is 16.8. The second-order valence-electron chi connectivity index (χ2n) is 8.23. The highest BCUT2D eigenvalue weighted by atomic mass is 16.2. The zero-order valence-electron chi connectivity index (χ0n) is 15.5. The van der Waals surface area contributed by atoms with Crippen LogP contribution in [0.25, 0.3) is 0 Å². The molecule has 1 aromatic carbocycles. The van der Waals surface area contributed by atoms with E-state index in [1.807, 2.05) is 17.0 Å². The minimum absolute atomic E-state index is 0.0144. The summed E-state index contributed by atoms with van der Waals surface area (Å²) < 4.78 is 0. The van der Waals surface area contributed by atoms with Crippen LogP contribution in [0.5, 0.6) is 0 Å². The van der Waals surface area contributed by atoms with E-state index in [9.17, 15) is 14.4 Å². The number of fused-ring (bicyclic) bond motifs is 1. The summed E-state index contributed by atoms with van der Waals surface area (Å²) in [6, 6.07) is 5.64. The van der Waals surface area contributed by atoms with Crippen molar-refractivity contribution in [2.45, 2.75) is 44.6 Å². The molecule has 142 valence electrons. The van der Waals surface area contributed by atoms with Crippen LogP contribution in [0.4, 0.5) is 5.69 Å². The fraction of sp³-hybridized carbons (Fsp3) is 0.571. The van der Waals surface area contributed by atoms with Crippen molar-refractivity contribution in [3.8, 4) is 0 Å². The van der Waals surface area contributed by atoms with E-state index in [1.54, 1.807) is 6.07 Å². The quantitative estimate of drug-likeness (QED) is 0.769. The Morgan fingerprint density at radius 2 is 1.70 bits per heavy atom. The molecule has 4 aliphatic rings. The van der Waals surface area contributed by atoms with Crippen LogP contribution < -0.4 is 4.90 Å². The Hall–Kier alpha value is -2.37. The third-order valence-corrected chi connectivity index (χ3v) is 6.37. The number of likely N-dealkylation sites (tertiary alicyclic amines) is 1.